The van der Waals surface area contributed by atoms with E-state index in [2.05, 4.69) is 17.0 Å². The van der Waals surface area contributed by atoms with Crippen LogP contribution in [0.5, 0.6) is 17.2 Å². The lowest BCUT2D eigenvalue weighted by Crippen LogP contribution is -2.35. The molecule has 5 nitrogen and oxygen atoms in total. The predicted octanol–water partition coefficient (Wildman–Crippen LogP) is 4.51. The van der Waals surface area contributed by atoms with E-state index >= 15 is 0 Å². The Kier molecular flexibility index (Phi) is 6.74. The van der Waals surface area contributed by atoms with E-state index < -0.39 is 6.10 Å². The molecule has 0 amide bonds. The van der Waals surface area contributed by atoms with Gasteiger partial charge in [-0.1, -0.05) is 48.0 Å². The first-order valence-electron chi connectivity index (χ1n) is 9.87. The smallest absolute Gasteiger partial charge is 0.231 e. The van der Waals surface area contributed by atoms with Gasteiger partial charge in [-0.05, 0) is 47.5 Å². The molecule has 1 aliphatic heterocycles. The van der Waals surface area contributed by atoms with Gasteiger partial charge < -0.3 is 19.3 Å². The third kappa shape index (κ3) is 5.66. The molecule has 156 valence electrons. The molecule has 4 rings (SSSR count). The predicted molar refractivity (Wildman–Crippen MR) is 116 cm³/mol. The number of benzene rings is 3. The minimum Gasteiger partial charge on any atom is -0.491 e. The molecule has 0 bridgehead atoms. The fourth-order valence-corrected chi connectivity index (χ4v) is 3.52. The zero-order valence-corrected chi connectivity index (χ0v) is 17.3. The van der Waals surface area contributed by atoms with Gasteiger partial charge in [0, 0.05) is 24.7 Å². The van der Waals surface area contributed by atoms with Gasteiger partial charge in [0.05, 0.1) is 0 Å². The van der Waals surface area contributed by atoms with E-state index in [0.29, 0.717) is 30.4 Å². The van der Waals surface area contributed by atoms with Gasteiger partial charge in [0.1, 0.15) is 18.5 Å². The van der Waals surface area contributed by atoms with Crippen molar-refractivity contribution < 1.29 is 19.3 Å². The molecule has 3 aromatic rings. The van der Waals surface area contributed by atoms with Crippen molar-refractivity contribution >= 4 is 11.6 Å². The highest BCUT2D eigenvalue weighted by Crippen LogP contribution is 2.33. The van der Waals surface area contributed by atoms with Crippen LogP contribution in [0.1, 0.15) is 11.1 Å². The van der Waals surface area contributed by atoms with Crippen LogP contribution >= 0.6 is 11.6 Å². The molecule has 0 aliphatic carbocycles. The fraction of sp³-hybridized carbons (Fsp3) is 0.250. The summed E-state index contributed by atoms with van der Waals surface area (Å²) in [5.74, 6) is 2.22. The summed E-state index contributed by atoms with van der Waals surface area (Å²) >= 11 is 5.90. The van der Waals surface area contributed by atoms with Crippen molar-refractivity contribution in [3.05, 3.63) is 88.9 Å². The number of rotatable bonds is 9. The highest BCUT2D eigenvalue weighted by atomic mass is 35.5. The lowest BCUT2D eigenvalue weighted by Gasteiger charge is -2.25. The SMILES string of the molecule is OC(COc1ccc(Cl)cc1)CN(Cc1ccccc1)Cc1ccc2c(c1)OCO2. The third-order valence-corrected chi connectivity index (χ3v) is 5.07. The number of hydrogen-bond acceptors (Lipinski definition) is 5. The van der Waals surface area contributed by atoms with E-state index in [9.17, 15) is 5.11 Å². The first-order valence-corrected chi connectivity index (χ1v) is 10.2. The van der Waals surface area contributed by atoms with Crippen LogP contribution in [0, 0.1) is 0 Å². The van der Waals surface area contributed by atoms with Crippen LogP contribution in [0.2, 0.25) is 5.02 Å². The number of halogens is 1. The Balaban J connectivity index is 1.40. The Labute approximate surface area is 181 Å². The number of hydrogen-bond donors (Lipinski definition) is 1. The highest BCUT2D eigenvalue weighted by molar-refractivity contribution is 6.30. The summed E-state index contributed by atoms with van der Waals surface area (Å²) in [6.45, 7) is 2.31. The Hall–Kier alpha value is -2.73. The molecule has 0 aromatic heterocycles. The first kappa shape index (κ1) is 20.5. The summed E-state index contributed by atoms with van der Waals surface area (Å²) in [5.41, 5.74) is 2.28. The van der Waals surface area contributed by atoms with Crippen LogP contribution in [0.4, 0.5) is 0 Å². The van der Waals surface area contributed by atoms with E-state index in [1.807, 2.05) is 36.4 Å². The Morgan fingerprint density at radius 1 is 0.900 bits per heavy atom. The molecule has 1 unspecified atom stereocenters. The van der Waals surface area contributed by atoms with Gasteiger partial charge in [-0.3, -0.25) is 4.90 Å². The average Bonchev–Trinajstić information content (AvgIpc) is 3.22. The van der Waals surface area contributed by atoms with Gasteiger partial charge >= 0.3 is 0 Å². The summed E-state index contributed by atoms with van der Waals surface area (Å²) < 4.78 is 16.6. The lowest BCUT2D eigenvalue weighted by molar-refractivity contribution is 0.0628. The van der Waals surface area contributed by atoms with Crippen LogP contribution < -0.4 is 14.2 Å². The Bertz CT molecular complexity index is 949. The molecular formula is C24H24ClNO4. The summed E-state index contributed by atoms with van der Waals surface area (Å²) in [6, 6.07) is 23.3. The highest BCUT2D eigenvalue weighted by Gasteiger charge is 2.17. The monoisotopic (exact) mass is 425 g/mol. The second-order valence-corrected chi connectivity index (χ2v) is 7.70. The number of nitrogens with zero attached hydrogens (tertiary/aromatic N) is 1. The molecule has 6 heteroatoms. The van der Waals surface area contributed by atoms with Gasteiger partial charge in [0.15, 0.2) is 11.5 Å². The zero-order chi connectivity index (χ0) is 20.8. The second kappa shape index (κ2) is 9.85. The molecule has 1 heterocycles. The van der Waals surface area contributed by atoms with Crippen molar-refractivity contribution in [2.24, 2.45) is 0 Å². The normalized spacial score (nSPS) is 13.4. The maximum Gasteiger partial charge on any atom is 0.231 e. The number of fused-ring (bicyclic) bond motifs is 1. The van der Waals surface area contributed by atoms with Crippen molar-refractivity contribution in [3.63, 3.8) is 0 Å². The topological polar surface area (TPSA) is 51.2 Å². The van der Waals surface area contributed by atoms with E-state index in [4.69, 9.17) is 25.8 Å². The van der Waals surface area contributed by atoms with Crippen molar-refractivity contribution in [2.45, 2.75) is 19.2 Å². The Morgan fingerprint density at radius 2 is 1.63 bits per heavy atom. The van der Waals surface area contributed by atoms with Crippen LogP contribution in [0.15, 0.2) is 72.8 Å². The molecule has 3 aromatic carbocycles. The minimum absolute atomic E-state index is 0.202. The van der Waals surface area contributed by atoms with Crippen molar-refractivity contribution in [1.82, 2.24) is 4.90 Å². The zero-order valence-electron chi connectivity index (χ0n) is 16.5. The molecule has 0 radical (unpaired) electrons. The van der Waals surface area contributed by atoms with E-state index in [1.165, 1.54) is 5.56 Å². The summed E-state index contributed by atoms with van der Waals surface area (Å²) in [5, 5.41) is 11.3. The minimum atomic E-state index is -0.640. The summed E-state index contributed by atoms with van der Waals surface area (Å²) in [6.07, 6.45) is -0.640. The average molecular weight is 426 g/mol. The van der Waals surface area contributed by atoms with Crippen LogP contribution in [-0.2, 0) is 13.1 Å². The molecule has 0 saturated heterocycles. The standard InChI is InChI=1S/C24H24ClNO4/c25-20-7-9-22(10-8-20)28-16-21(27)15-26(13-18-4-2-1-3-5-18)14-19-6-11-23-24(12-19)30-17-29-23/h1-12,21,27H,13-17H2. The molecular weight excluding hydrogens is 402 g/mol. The summed E-state index contributed by atoms with van der Waals surface area (Å²) in [4.78, 5) is 2.20. The number of ether oxygens (including phenoxy) is 3. The lowest BCUT2D eigenvalue weighted by atomic mass is 10.1. The van der Waals surface area contributed by atoms with Gasteiger partial charge in [-0.25, -0.2) is 0 Å². The molecule has 1 N–H and O–H groups in total. The van der Waals surface area contributed by atoms with E-state index in [1.54, 1.807) is 24.3 Å². The van der Waals surface area contributed by atoms with Gasteiger partial charge in [-0.15, -0.1) is 0 Å². The Morgan fingerprint density at radius 3 is 2.43 bits per heavy atom. The van der Waals surface area contributed by atoms with Crippen molar-refractivity contribution in [3.8, 4) is 17.2 Å². The quantitative estimate of drug-likeness (QED) is 0.546. The maximum atomic E-state index is 10.6. The van der Waals surface area contributed by atoms with Gasteiger partial charge in [0.25, 0.3) is 0 Å². The molecule has 0 spiro atoms. The number of aliphatic hydroxyl groups is 1. The van der Waals surface area contributed by atoms with Crippen LogP contribution in [-0.4, -0.2) is 36.1 Å². The van der Waals surface area contributed by atoms with Crippen molar-refractivity contribution in [1.29, 1.82) is 0 Å². The molecule has 0 saturated carbocycles. The summed E-state index contributed by atoms with van der Waals surface area (Å²) in [7, 11) is 0. The molecule has 30 heavy (non-hydrogen) atoms. The van der Waals surface area contributed by atoms with E-state index in [-0.39, 0.29) is 13.4 Å². The van der Waals surface area contributed by atoms with Crippen LogP contribution in [0.25, 0.3) is 0 Å². The van der Waals surface area contributed by atoms with Crippen molar-refractivity contribution in [2.75, 3.05) is 19.9 Å². The first-order chi connectivity index (χ1) is 14.7. The largest absolute Gasteiger partial charge is 0.491 e. The third-order valence-electron chi connectivity index (χ3n) is 4.82. The van der Waals surface area contributed by atoms with E-state index in [0.717, 1.165) is 17.1 Å². The fourth-order valence-electron chi connectivity index (χ4n) is 3.40. The van der Waals surface area contributed by atoms with Gasteiger partial charge in [-0.2, -0.15) is 0 Å². The maximum absolute atomic E-state index is 10.6. The van der Waals surface area contributed by atoms with Gasteiger partial charge in [0.2, 0.25) is 6.79 Å². The molecule has 0 fully saturated rings. The second-order valence-electron chi connectivity index (χ2n) is 7.26. The van der Waals surface area contributed by atoms with Crippen LogP contribution in [0.3, 0.4) is 0 Å². The molecule has 1 aliphatic rings. The molecule has 1 atom stereocenters. The number of aliphatic hydroxyl groups excluding tert-OH is 1.